The maximum absolute atomic E-state index is 11.2. The summed E-state index contributed by atoms with van der Waals surface area (Å²) in [6.45, 7) is 3.35. The molecule has 0 aliphatic rings. The van der Waals surface area contributed by atoms with Crippen molar-refractivity contribution in [2.24, 2.45) is 0 Å². The number of fused-ring (bicyclic) bond motifs is 1. The Morgan fingerprint density at radius 3 is 2.76 bits per heavy atom. The summed E-state index contributed by atoms with van der Waals surface area (Å²) >= 11 is 6.10. The first-order valence-corrected chi connectivity index (χ1v) is 5.70. The van der Waals surface area contributed by atoms with Gasteiger partial charge >= 0.3 is 0 Å². The normalized spacial score (nSPS) is 11.8. The second kappa shape index (κ2) is 4.68. The molecule has 0 spiro atoms. The number of ketones is 1. The minimum absolute atomic E-state index is 0.0593. The number of carbonyl (C=O) groups excluding carboxylic acids is 1. The van der Waals surface area contributed by atoms with Gasteiger partial charge in [0.2, 0.25) is 0 Å². The zero-order valence-corrected chi connectivity index (χ0v) is 10.5. The summed E-state index contributed by atoms with van der Waals surface area (Å²) in [5, 5.41) is 1.57. The highest BCUT2D eigenvalue weighted by molar-refractivity contribution is 6.35. The Morgan fingerprint density at radius 1 is 1.29 bits per heavy atom. The zero-order chi connectivity index (χ0) is 12.4. The second-order valence-corrected chi connectivity index (χ2v) is 4.33. The van der Waals surface area contributed by atoms with Crippen LogP contribution in [0.2, 0.25) is 5.02 Å². The van der Waals surface area contributed by atoms with Gasteiger partial charge in [-0.25, -0.2) is 0 Å². The molecule has 2 nitrogen and oxygen atoms in total. The van der Waals surface area contributed by atoms with Crippen LogP contribution in [0.15, 0.2) is 36.0 Å². The van der Waals surface area contributed by atoms with Crippen molar-refractivity contribution in [3.63, 3.8) is 0 Å². The van der Waals surface area contributed by atoms with Crippen LogP contribution in [0.5, 0.6) is 0 Å². The van der Waals surface area contributed by atoms with Gasteiger partial charge in [-0.2, -0.15) is 0 Å². The fraction of sp³-hybridized carbons (Fsp3) is 0.143. The summed E-state index contributed by atoms with van der Waals surface area (Å²) in [6.07, 6.45) is 3.56. The molecule has 0 aliphatic heterocycles. The third-order valence-electron chi connectivity index (χ3n) is 2.68. The van der Waals surface area contributed by atoms with Gasteiger partial charge in [-0.05, 0) is 43.7 Å². The number of aromatic nitrogens is 1. The van der Waals surface area contributed by atoms with Crippen LogP contribution in [0.3, 0.4) is 0 Å². The number of nitrogens with zero attached hydrogens (tertiary/aromatic N) is 1. The van der Waals surface area contributed by atoms with Crippen LogP contribution < -0.4 is 0 Å². The van der Waals surface area contributed by atoms with Crippen LogP contribution in [-0.4, -0.2) is 10.8 Å². The van der Waals surface area contributed by atoms with Gasteiger partial charge in [0.25, 0.3) is 0 Å². The van der Waals surface area contributed by atoms with Crippen LogP contribution in [0.25, 0.3) is 17.0 Å². The van der Waals surface area contributed by atoms with E-state index < -0.39 is 0 Å². The SMILES string of the molecule is CC(=O)/C(C)=C/c1ccc(Cl)c2cccnc12. The van der Waals surface area contributed by atoms with E-state index in [1.807, 2.05) is 30.3 Å². The molecule has 0 unspecified atom stereocenters. The van der Waals surface area contributed by atoms with Crippen molar-refractivity contribution in [1.29, 1.82) is 0 Å². The van der Waals surface area contributed by atoms with Crippen molar-refractivity contribution in [3.8, 4) is 0 Å². The van der Waals surface area contributed by atoms with E-state index in [1.165, 1.54) is 0 Å². The van der Waals surface area contributed by atoms with E-state index >= 15 is 0 Å². The highest BCUT2D eigenvalue weighted by Gasteiger charge is 2.05. The molecule has 17 heavy (non-hydrogen) atoms. The number of rotatable bonds is 2. The number of Topliss-reactive ketones (excluding diaryl/α,β-unsaturated/α-hetero) is 1. The van der Waals surface area contributed by atoms with Crippen LogP contribution in [-0.2, 0) is 4.79 Å². The van der Waals surface area contributed by atoms with Crippen molar-refractivity contribution >= 4 is 34.4 Å². The third-order valence-corrected chi connectivity index (χ3v) is 3.00. The number of hydrogen-bond donors (Lipinski definition) is 0. The number of hydrogen-bond acceptors (Lipinski definition) is 2. The number of halogens is 1. The van der Waals surface area contributed by atoms with E-state index in [4.69, 9.17) is 11.6 Å². The highest BCUT2D eigenvalue weighted by Crippen LogP contribution is 2.26. The lowest BCUT2D eigenvalue weighted by Crippen LogP contribution is -1.92. The molecule has 1 aromatic heterocycles. The Labute approximate surface area is 105 Å². The molecule has 1 heterocycles. The summed E-state index contributed by atoms with van der Waals surface area (Å²) in [7, 11) is 0. The van der Waals surface area contributed by atoms with E-state index in [0.717, 1.165) is 16.5 Å². The van der Waals surface area contributed by atoms with Gasteiger partial charge in [0, 0.05) is 17.1 Å². The Kier molecular flexibility index (Phi) is 3.25. The van der Waals surface area contributed by atoms with Crippen molar-refractivity contribution in [3.05, 3.63) is 46.6 Å². The number of allylic oxidation sites excluding steroid dienone is 1. The fourth-order valence-electron chi connectivity index (χ4n) is 1.61. The maximum Gasteiger partial charge on any atom is 0.155 e. The minimum Gasteiger partial charge on any atom is -0.295 e. The first kappa shape index (κ1) is 11.8. The Hall–Kier alpha value is -1.67. The minimum atomic E-state index is 0.0593. The molecule has 3 heteroatoms. The molecule has 0 N–H and O–H groups in total. The second-order valence-electron chi connectivity index (χ2n) is 3.92. The fourth-order valence-corrected chi connectivity index (χ4v) is 1.83. The molecular formula is C14H12ClNO. The average Bonchev–Trinajstić information content (AvgIpc) is 2.33. The quantitative estimate of drug-likeness (QED) is 0.752. The molecule has 1 aromatic carbocycles. The lowest BCUT2D eigenvalue weighted by Gasteiger charge is -2.04. The molecule has 0 amide bonds. The summed E-state index contributed by atoms with van der Waals surface area (Å²) in [5.41, 5.74) is 2.44. The molecule has 0 saturated carbocycles. The Morgan fingerprint density at radius 2 is 2.06 bits per heavy atom. The van der Waals surface area contributed by atoms with E-state index in [9.17, 15) is 4.79 Å². The maximum atomic E-state index is 11.2. The molecular weight excluding hydrogens is 234 g/mol. The summed E-state index contributed by atoms with van der Waals surface area (Å²) in [5.74, 6) is 0.0593. The van der Waals surface area contributed by atoms with Gasteiger partial charge in [0.15, 0.2) is 5.78 Å². The topological polar surface area (TPSA) is 30.0 Å². The first-order valence-electron chi connectivity index (χ1n) is 5.32. The molecule has 0 saturated heterocycles. The van der Waals surface area contributed by atoms with E-state index in [2.05, 4.69) is 4.98 Å². The van der Waals surface area contributed by atoms with Crippen molar-refractivity contribution in [2.75, 3.05) is 0 Å². The monoisotopic (exact) mass is 245 g/mol. The number of carbonyl (C=O) groups is 1. The van der Waals surface area contributed by atoms with Crippen LogP contribution >= 0.6 is 11.6 Å². The van der Waals surface area contributed by atoms with Gasteiger partial charge in [0.1, 0.15) is 0 Å². The lowest BCUT2D eigenvalue weighted by molar-refractivity contribution is -0.113. The number of benzene rings is 1. The molecule has 86 valence electrons. The average molecular weight is 246 g/mol. The summed E-state index contributed by atoms with van der Waals surface area (Å²) < 4.78 is 0. The molecule has 2 rings (SSSR count). The van der Waals surface area contributed by atoms with Crippen LogP contribution in [0.1, 0.15) is 19.4 Å². The van der Waals surface area contributed by atoms with Gasteiger partial charge < -0.3 is 0 Å². The Balaban J connectivity index is 2.68. The van der Waals surface area contributed by atoms with Gasteiger partial charge in [-0.15, -0.1) is 0 Å². The van der Waals surface area contributed by atoms with Crippen molar-refractivity contribution in [2.45, 2.75) is 13.8 Å². The first-order chi connectivity index (χ1) is 8.09. The predicted molar refractivity (Wildman–Crippen MR) is 71.1 cm³/mol. The molecule has 0 aliphatic carbocycles. The number of pyridine rings is 1. The van der Waals surface area contributed by atoms with E-state index in [0.29, 0.717) is 10.6 Å². The van der Waals surface area contributed by atoms with Gasteiger partial charge in [-0.3, -0.25) is 9.78 Å². The van der Waals surface area contributed by atoms with Gasteiger partial charge in [0.05, 0.1) is 10.5 Å². The molecule has 0 fully saturated rings. The largest absolute Gasteiger partial charge is 0.295 e. The van der Waals surface area contributed by atoms with Gasteiger partial charge in [-0.1, -0.05) is 17.7 Å². The predicted octanol–water partition coefficient (Wildman–Crippen LogP) is 3.88. The molecule has 2 aromatic rings. The van der Waals surface area contributed by atoms with Crippen molar-refractivity contribution in [1.82, 2.24) is 4.98 Å². The Bertz CT molecular complexity index is 617. The van der Waals surface area contributed by atoms with Crippen LogP contribution in [0, 0.1) is 0 Å². The smallest absolute Gasteiger partial charge is 0.155 e. The van der Waals surface area contributed by atoms with E-state index in [-0.39, 0.29) is 5.78 Å². The van der Waals surface area contributed by atoms with Crippen molar-refractivity contribution < 1.29 is 4.79 Å². The van der Waals surface area contributed by atoms with E-state index in [1.54, 1.807) is 20.0 Å². The standard InChI is InChI=1S/C14H12ClNO/c1-9(10(2)17)8-11-5-6-13(15)12-4-3-7-16-14(11)12/h3-8H,1-2H3/b9-8+. The summed E-state index contributed by atoms with van der Waals surface area (Å²) in [4.78, 5) is 15.6. The van der Waals surface area contributed by atoms with Crippen LogP contribution in [0.4, 0.5) is 0 Å². The molecule has 0 radical (unpaired) electrons. The lowest BCUT2D eigenvalue weighted by atomic mass is 10.1. The summed E-state index contributed by atoms with van der Waals surface area (Å²) in [6, 6.07) is 7.47. The zero-order valence-electron chi connectivity index (χ0n) is 9.70. The third kappa shape index (κ3) is 2.37. The molecule has 0 bridgehead atoms. The highest BCUT2D eigenvalue weighted by atomic mass is 35.5. The molecule has 0 atom stereocenters.